The first kappa shape index (κ1) is 28.4. The summed E-state index contributed by atoms with van der Waals surface area (Å²) in [5.74, 6) is -1.66. The van der Waals surface area contributed by atoms with Crippen LogP contribution in [0.3, 0.4) is 0 Å². The number of halogens is 3. The van der Waals surface area contributed by atoms with Crippen LogP contribution in [0.15, 0.2) is 12.7 Å². The topological polar surface area (TPSA) is 102 Å². The number of likely N-dealkylation sites (tertiary alicyclic amines) is 1. The number of carbonyl (C=O) groups is 3. The fourth-order valence-corrected chi connectivity index (χ4v) is 3.01. The zero-order valence-electron chi connectivity index (χ0n) is 18.4. The van der Waals surface area contributed by atoms with Crippen LogP contribution in [0.1, 0.15) is 52.9 Å². The van der Waals surface area contributed by atoms with Crippen molar-refractivity contribution in [1.29, 1.82) is 5.26 Å². The van der Waals surface area contributed by atoms with Crippen LogP contribution in [-0.4, -0.2) is 55.0 Å². The molecule has 3 amide bonds. The molecule has 1 aliphatic carbocycles. The summed E-state index contributed by atoms with van der Waals surface area (Å²) < 4.78 is 35.8. The van der Waals surface area contributed by atoms with Gasteiger partial charge in [-0.05, 0) is 37.0 Å². The molecular weight excluding hydrogens is 413 g/mol. The van der Waals surface area contributed by atoms with E-state index in [2.05, 4.69) is 32.7 Å². The lowest BCUT2D eigenvalue weighted by Gasteiger charge is -2.37. The third-order valence-corrected chi connectivity index (χ3v) is 4.69. The van der Waals surface area contributed by atoms with Crippen molar-refractivity contribution < 1.29 is 27.6 Å². The van der Waals surface area contributed by atoms with Gasteiger partial charge in [-0.1, -0.05) is 33.3 Å². The molecule has 176 valence electrons. The predicted octanol–water partition coefficient (Wildman–Crippen LogP) is 2.93. The van der Waals surface area contributed by atoms with Crippen molar-refractivity contribution >= 4 is 18.2 Å². The molecule has 0 bridgehead atoms. The molecule has 0 aromatic heterocycles. The predicted molar refractivity (Wildman–Crippen MR) is 110 cm³/mol. The maximum absolute atomic E-state index is 11.9. The standard InChI is InChI=1S/C11H15F3N2O2.C6H8N2O.C4H10/c12-11(13,14)9(18)15-6-8(17)16-5-4-10(7-16)2-1-3-10;1-2-3-6(4-7)8-5-9;1-4(2)3/h1-7H2,(H,15,18);2,5-6H,1,3H2,(H,8,9);4H,1-3H3. The average Bonchev–Trinajstić information content (AvgIpc) is 3.11. The lowest BCUT2D eigenvalue weighted by molar-refractivity contribution is -0.174. The molecule has 2 aliphatic rings. The Kier molecular flexibility index (Phi) is 12.5. The number of hydrogen-bond donors (Lipinski definition) is 2. The first-order valence-corrected chi connectivity index (χ1v) is 10.2. The highest BCUT2D eigenvalue weighted by Crippen LogP contribution is 2.47. The number of amides is 3. The molecule has 0 aromatic rings. The Balaban J connectivity index is 0.000000581. The maximum Gasteiger partial charge on any atom is 0.471 e. The minimum Gasteiger partial charge on any atom is -0.343 e. The molecule has 7 nitrogen and oxygen atoms in total. The molecule has 0 aromatic carbocycles. The molecule has 2 rings (SSSR count). The van der Waals surface area contributed by atoms with Gasteiger partial charge in [-0.3, -0.25) is 14.4 Å². The van der Waals surface area contributed by atoms with Gasteiger partial charge in [0.1, 0.15) is 6.04 Å². The molecule has 1 atom stereocenters. The Morgan fingerprint density at radius 2 is 1.84 bits per heavy atom. The summed E-state index contributed by atoms with van der Waals surface area (Å²) in [7, 11) is 0. The lowest BCUT2D eigenvalue weighted by atomic mass is 9.68. The van der Waals surface area contributed by atoms with E-state index < -0.39 is 30.6 Å². The van der Waals surface area contributed by atoms with E-state index >= 15 is 0 Å². The highest BCUT2D eigenvalue weighted by molar-refractivity contribution is 5.87. The Morgan fingerprint density at radius 3 is 2.19 bits per heavy atom. The van der Waals surface area contributed by atoms with Gasteiger partial charge in [-0.25, -0.2) is 0 Å². The van der Waals surface area contributed by atoms with E-state index in [1.807, 2.05) is 6.07 Å². The fraction of sp³-hybridized carbons (Fsp3) is 0.714. The summed E-state index contributed by atoms with van der Waals surface area (Å²) in [6, 6.07) is 1.47. The quantitative estimate of drug-likeness (QED) is 0.484. The summed E-state index contributed by atoms with van der Waals surface area (Å²) in [5.41, 5.74) is 0.212. The van der Waals surface area contributed by atoms with Crippen LogP contribution in [0.2, 0.25) is 0 Å². The van der Waals surface area contributed by atoms with Crippen molar-refractivity contribution in [1.82, 2.24) is 15.5 Å². The highest BCUT2D eigenvalue weighted by Gasteiger charge is 2.44. The van der Waals surface area contributed by atoms with Crippen LogP contribution in [0.5, 0.6) is 0 Å². The summed E-state index contributed by atoms with van der Waals surface area (Å²) >= 11 is 0. The van der Waals surface area contributed by atoms with Gasteiger partial charge >= 0.3 is 12.1 Å². The molecule has 0 radical (unpaired) electrons. The normalized spacial score (nSPS) is 17.0. The van der Waals surface area contributed by atoms with E-state index in [0.717, 1.165) is 31.6 Å². The van der Waals surface area contributed by atoms with Gasteiger partial charge in [0.25, 0.3) is 0 Å². The first-order chi connectivity index (χ1) is 14.4. The van der Waals surface area contributed by atoms with Gasteiger partial charge < -0.3 is 15.5 Å². The van der Waals surface area contributed by atoms with Crippen LogP contribution < -0.4 is 10.6 Å². The smallest absolute Gasteiger partial charge is 0.343 e. The van der Waals surface area contributed by atoms with Gasteiger partial charge in [0, 0.05) is 13.1 Å². The highest BCUT2D eigenvalue weighted by atomic mass is 19.4. The van der Waals surface area contributed by atoms with Crippen molar-refractivity contribution in [3.63, 3.8) is 0 Å². The SMILES string of the molecule is C=CCC(C#N)NC=O.CC(C)C.O=C(CNC(=O)C(F)(F)F)N1CCC2(CCC2)C1. The van der Waals surface area contributed by atoms with Crippen molar-refractivity contribution in [3.05, 3.63) is 12.7 Å². The number of nitrogens with zero attached hydrogens (tertiary/aromatic N) is 2. The second kappa shape index (κ2) is 13.7. The number of alkyl halides is 3. The second-order valence-corrected chi connectivity index (χ2v) is 8.32. The molecule has 1 unspecified atom stereocenters. The molecule has 1 heterocycles. The fourth-order valence-electron chi connectivity index (χ4n) is 3.01. The monoisotopic (exact) mass is 446 g/mol. The number of nitriles is 1. The Hall–Kier alpha value is -2.57. The zero-order valence-corrected chi connectivity index (χ0v) is 18.4. The van der Waals surface area contributed by atoms with Crippen molar-refractivity contribution in [2.45, 2.75) is 65.1 Å². The van der Waals surface area contributed by atoms with Gasteiger partial charge in [0.2, 0.25) is 12.3 Å². The first-order valence-electron chi connectivity index (χ1n) is 10.2. The number of carbonyl (C=O) groups excluding carboxylic acids is 3. The third kappa shape index (κ3) is 11.4. The molecule has 1 aliphatic heterocycles. The van der Waals surface area contributed by atoms with Crippen molar-refractivity contribution in [2.75, 3.05) is 19.6 Å². The van der Waals surface area contributed by atoms with Crippen LogP contribution in [0, 0.1) is 22.7 Å². The molecule has 1 saturated carbocycles. The van der Waals surface area contributed by atoms with Gasteiger partial charge in [0.15, 0.2) is 0 Å². The number of rotatable bonds is 6. The van der Waals surface area contributed by atoms with E-state index in [1.165, 1.54) is 0 Å². The molecule has 1 spiro atoms. The van der Waals surface area contributed by atoms with E-state index in [9.17, 15) is 27.6 Å². The van der Waals surface area contributed by atoms with Crippen LogP contribution in [0.4, 0.5) is 13.2 Å². The Morgan fingerprint density at radius 1 is 1.26 bits per heavy atom. The van der Waals surface area contributed by atoms with Crippen LogP contribution >= 0.6 is 0 Å². The number of hydrogen-bond acceptors (Lipinski definition) is 4. The van der Waals surface area contributed by atoms with Gasteiger partial charge in [-0.2, -0.15) is 18.4 Å². The Labute approximate surface area is 182 Å². The van der Waals surface area contributed by atoms with E-state index in [-0.39, 0.29) is 5.41 Å². The van der Waals surface area contributed by atoms with E-state index in [0.29, 0.717) is 25.9 Å². The van der Waals surface area contributed by atoms with E-state index in [4.69, 9.17) is 5.26 Å². The van der Waals surface area contributed by atoms with Gasteiger partial charge in [-0.15, -0.1) is 6.58 Å². The second-order valence-electron chi connectivity index (χ2n) is 8.32. The lowest BCUT2D eigenvalue weighted by Crippen LogP contribution is -2.44. The maximum atomic E-state index is 11.9. The molecule has 31 heavy (non-hydrogen) atoms. The van der Waals surface area contributed by atoms with Crippen molar-refractivity contribution in [2.24, 2.45) is 11.3 Å². The summed E-state index contributed by atoms with van der Waals surface area (Å²) in [5, 5.41) is 12.2. The summed E-state index contributed by atoms with van der Waals surface area (Å²) in [6.45, 7) is 10.6. The summed E-state index contributed by atoms with van der Waals surface area (Å²) in [4.78, 5) is 33.5. The molecular formula is C21H33F3N4O3. The van der Waals surface area contributed by atoms with Crippen molar-refractivity contribution in [3.8, 4) is 6.07 Å². The van der Waals surface area contributed by atoms with Gasteiger partial charge in [0.05, 0.1) is 12.6 Å². The largest absolute Gasteiger partial charge is 0.471 e. The van der Waals surface area contributed by atoms with Crippen LogP contribution in [0.25, 0.3) is 0 Å². The van der Waals surface area contributed by atoms with Crippen LogP contribution in [-0.2, 0) is 14.4 Å². The molecule has 2 N–H and O–H groups in total. The average molecular weight is 447 g/mol. The Bertz CT molecular complexity index is 628. The van der Waals surface area contributed by atoms with E-state index in [1.54, 1.807) is 16.3 Å². The molecule has 10 heteroatoms. The molecule has 1 saturated heterocycles. The minimum atomic E-state index is -4.93. The zero-order chi connectivity index (χ0) is 24.1. The minimum absolute atomic E-state index is 0.212. The summed E-state index contributed by atoms with van der Waals surface area (Å²) in [6.07, 6.45) is 1.92. The molecule has 2 fully saturated rings. The number of nitrogens with one attached hydrogen (secondary N) is 2. The third-order valence-electron chi connectivity index (χ3n) is 4.69.